The van der Waals surface area contributed by atoms with E-state index in [0.29, 0.717) is 0 Å². The van der Waals surface area contributed by atoms with Gasteiger partial charge in [0.1, 0.15) is 0 Å². The number of hydrogen-bond acceptors (Lipinski definition) is 0. The predicted molar refractivity (Wildman–Crippen MR) is 133 cm³/mol. The number of benzene rings is 3. The molecule has 0 aliphatic rings. The normalized spacial score (nSPS) is 11.9. The maximum absolute atomic E-state index is 4.00. The second-order valence-corrected chi connectivity index (χ2v) is 8.47. The molecule has 30 heavy (non-hydrogen) atoms. The van der Waals surface area contributed by atoms with Crippen molar-refractivity contribution in [3.8, 4) is 0 Å². The van der Waals surface area contributed by atoms with Gasteiger partial charge in [-0.2, -0.15) is 0 Å². The van der Waals surface area contributed by atoms with Gasteiger partial charge in [-0.1, -0.05) is 66.2 Å². The van der Waals surface area contributed by atoms with E-state index in [-0.39, 0.29) is 0 Å². The van der Waals surface area contributed by atoms with Gasteiger partial charge in [-0.05, 0) is 110 Å². The van der Waals surface area contributed by atoms with Gasteiger partial charge in [0.15, 0.2) is 0 Å². The second-order valence-electron chi connectivity index (χ2n) is 8.47. The van der Waals surface area contributed by atoms with E-state index in [1.165, 1.54) is 61.2 Å². The predicted octanol–water partition coefficient (Wildman–Crippen LogP) is 8.46. The Morgan fingerprint density at radius 2 is 1.37 bits per heavy atom. The molecule has 0 aliphatic heterocycles. The molecule has 0 aliphatic carbocycles. The Balaban J connectivity index is 2.43. The lowest BCUT2D eigenvalue weighted by Gasteiger charge is -2.22. The van der Waals surface area contributed by atoms with Crippen molar-refractivity contribution in [3.63, 3.8) is 0 Å². The number of allylic oxidation sites excluding steroid dienone is 2. The molecule has 0 amide bonds. The van der Waals surface area contributed by atoms with Crippen LogP contribution in [0.4, 0.5) is 0 Å². The molecule has 0 spiro atoms. The zero-order valence-corrected chi connectivity index (χ0v) is 19.4. The Bertz CT molecular complexity index is 1090. The Morgan fingerprint density at radius 3 is 2.03 bits per heavy atom. The molecule has 0 aromatic heterocycles. The summed E-state index contributed by atoms with van der Waals surface area (Å²) in [5.41, 5.74) is 14.8. The van der Waals surface area contributed by atoms with Crippen LogP contribution in [0.3, 0.4) is 0 Å². The third-order valence-corrected chi connectivity index (χ3v) is 6.50. The van der Waals surface area contributed by atoms with E-state index in [1.807, 2.05) is 6.08 Å². The summed E-state index contributed by atoms with van der Waals surface area (Å²) in [5, 5.41) is 0. The lowest BCUT2D eigenvalue weighted by molar-refractivity contribution is 1.07. The van der Waals surface area contributed by atoms with Crippen LogP contribution in [-0.4, -0.2) is 0 Å². The van der Waals surface area contributed by atoms with Gasteiger partial charge in [0.2, 0.25) is 0 Å². The molecule has 0 N–H and O–H groups in total. The molecule has 0 heteroatoms. The van der Waals surface area contributed by atoms with Crippen LogP contribution in [0, 0.1) is 41.5 Å². The smallest absolute Gasteiger partial charge is 0.00704 e. The van der Waals surface area contributed by atoms with Gasteiger partial charge in [0, 0.05) is 0 Å². The van der Waals surface area contributed by atoms with E-state index < -0.39 is 0 Å². The topological polar surface area (TPSA) is 0 Å². The highest BCUT2D eigenvalue weighted by Gasteiger charge is 2.18. The van der Waals surface area contributed by atoms with E-state index in [2.05, 4.69) is 103 Å². The highest BCUT2D eigenvalue weighted by molar-refractivity contribution is 6.00. The van der Waals surface area contributed by atoms with Crippen molar-refractivity contribution in [2.24, 2.45) is 0 Å². The van der Waals surface area contributed by atoms with Crippen molar-refractivity contribution >= 4 is 11.1 Å². The van der Waals surface area contributed by atoms with Crippen molar-refractivity contribution in [3.05, 3.63) is 117 Å². The average molecular weight is 395 g/mol. The van der Waals surface area contributed by atoms with Crippen molar-refractivity contribution in [2.45, 2.75) is 54.4 Å². The van der Waals surface area contributed by atoms with E-state index >= 15 is 0 Å². The summed E-state index contributed by atoms with van der Waals surface area (Å²) in [6.45, 7) is 17.3. The molecule has 3 rings (SSSR count). The third kappa shape index (κ3) is 4.33. The number of aryl methyl sites for hydroxylation is 3. The Morgan fingerprint density at radius 1 is 0.700 bits per heavy atom. The molecule has 0 atom stereocenters. The summed E-state index contributed by atoms with van der Waals surface area (Å²) in [5.74, 6) is 0. The molecule has 0 saturated carbocycles. The van der Waals surface area contributed by atoms with Crippen molar-refractivity contribution in [1.29, 1.82) is 0 Å². The second kappa shape index (κ2) is 9.30. The van der Waals surface area contributed by atoms with E-state index in [4.69, 9.17) is 0 Å². The minimum atomic E-state index is 0.960. The molecule has 154 valence electrons. The first-order valence-electron chi connectivity index (χ1n) is 10.9. The van der Waals surface area contributed by atoms with E-state index in [9.17, 15) is 0 Å². The summed E-state index contributed by atoms with van der Waals surface area (Å²) < 4.78 is 0. The first kappa shape index (κ1) is 21.8. The zero-order valence-electron chi connectivity index (χ0n) is 19.4. The van der Waals surface area contributed by atoms with Gasteiger partial charge in [-0.3, -0.25) is 0 Å². The van der Waals surface area contributed by atoms with Crippen LogP contribution in [0.15, 0.2) is 67.3 Å². The fraction of sp³-hybridized carbons (Fsp3) is 0.267. The monoisotopic (exact) mass is 394 g/mol. The lowest BCUT2D eigenvalue weighted by Crippen LogP contribution is -2.02. The molecule has 0 radical (unpaired) electrons. The molecule has 0 nitrogen and oxygen atoms in total. The third-order valence-electron chi connectivity index (χ3n) is 6.50. The Kier molecular flexibility index (Phi) is 6.77. The average Bonchev–Trinajstić information content (AvgIpc) is 2.74. The molecule has 0 unspecified atom stereocenters. The van der Waals surface area contributed by atoms with E-state index in [0.717, 1.165) is 12.8 Å². The van der Waals surface area contributed by atoms with Gasteiger partial charge < -0.3 is 0 Å². The Hall–Kier alpha value is -2.86. The SMILES string of the molecule is C=CCC/C(=C(/c1ccc(C)cc1)c1ccc(C)c(C)c1C)c1cccc(C)c1C. The van der Waals surface area contributed by atoms with Gasteiger partial charge in [-0.25, -0.2) is 0 Å². The van der Waals surface area contributed by atoms with Crippen LogP contribution in [-0.2, 0) is 0 Å². The van der Waals surface area contributed by atoms with Crippen LogP contribution < -0.4 is 0 Å². The summed E-state index contributed by atoms with van der Waals surface area (Å²) in [6, 6.07) is 20.2. The maximum atomic E-state index is 4.00. The summed E-state index contributed by atoms with van der Waals surface area (Å²) in [4.78, 5) is 0. The molecular weight excluding hydrogens is 360 g/mol. The summed E-state index contributed by atoms with van der Waals surface area (Å²) in [7, 11) is 0. The quantitative estimate of drug-likeness (QED) is 0.290. The molecule has 0 saturated heterocycles. The van der Waals surface area contributed by atoms with Crippen molar-refractivity contribution in [1.82, 2.24) is 0 Å². The molecule has 3 aromatic rings. The number of rotatable bonds is 6. The maximum Gasteiger partial charge on any atom is -0.00704 e. The number of hydrogen-bond donors (Lipinski definition) is 0. The van der Waals surface area contributed by atoms with Crippen LogP contribution >= 0.6 is 0 Å². The van der Waals surface area contributed by atoms with Gasteiger partial charge in [0.25, 0.3) is 0 Å². The van der Waals surface area contributed by atoms with Crippen LogP contribution in [0.1, 0.15) is 62.9 Å². The summed E-state index contributed by atoms with van der Waals surface area (Å²) >= 11 is 0. The fourth-order valence-electron chi connectivity index (χ4n) is 4.16. The molecule has 0 fully saturated rings. The standard InChI is InChI=1S/C30H34/c1-8-9-12-29(27-13-10-11-21(3)24(27)6)30(26-17-14-20(2)15-18-26)28-19-16-22(4)23(5)25(28)7/h8,10-11,13-19H,1,9,12H2,2-7H3/b30-29+. The fourth-order valence-corrected chi connectivity index (χ4v) is 4.16. The molecular formula is C30H34. The lowest BCUT2D eigenvalue weighted by atomic mass is 9.82. The molecule has 3 aromatic carbocycles. The Labute approximate surface area is 183 Å². The zero-order chi connectivity index (χ0) is 21.8. The minimum absolute atomic E-state index is 0.960. The highest BCUT2D eigenvalue weighted by Crippen LogP contribution is 2.39. The molecule has 0 heterocycles. The van der Waals surface area contributed by atoms with Crippen LogP contribution in [0.5, 0.6) is 0 Å². The molecule has 0 bridgehead atoms. The minimum Gasteiger partial charge on any atom is -0.103 e. The van der Waals surface area contributed by atoms with Gasteiger partial charge in [-0.15, -0.1) is 6.58 Å². The van der Waals surface area contributed by atoms with Gasteiger partial charge in [0.05, 0.1) is 0 Å². The largest absolute Gasteiger partial charge is 0.103 e. The van der Waals surface area contributed by atoms with Crippen LogP contribution in [0.25, 0.3) is 11.1 Å². The van der Waals surface area contributed by atoms with Crippen molar-refractivity contribution < 1.29 is 0 Å². The highest BCUT2D eigenvalue weighted by atomic mass is 14.2. The van der Waals surface area contributed by atoms with Crippen LogP contribution in [0.2, 0.25) is 0 Å². The van der Waals surface area contributed by atoms with E-state index in [1.54, 1.807) is 0 Å². The summed E-state index contributed by atoms with van der Waals surface area (Å²) in [6.07, 6.45) is 3.97. The first-order valence-corrected chi connectivity index (χ1v) is 10.9. The van der Waals surface area contributed by atoms with Crippen molar-refractivity contribution in [2.75, 3.05) is 0 Å². The van der Waals surface area contributed by atoms with Gasteiger partial charge >= 0.3 is 0 Å². The first-order chi connectivity index (χ1) is 14.3.